The Labute approximate surface area is 264 Å². The van der Waals surface area contributed by atoms with Gasteiger partial charge in [0.15, 0.2) is 0 Å². The van der Waals surface area contributed by atoms with E-state index in [2.05, 4.69) is 110 Å². The lowest BCUT2D eigenvalue weighted by molar-refractivity contribution is 0.668. The van der Waals surface area contributed by atoms with E-state index in [0.717, 1.165) is 13.0 Å². The number of hydrogen-bond acceptors (Lipinski definition) is 4. The normalized spacial score (nSPS) is 11.8. The molecule has 0 radical (unpaired) electrons. The Morgan fingerprint density at radius 1 is 0.619 bits per heavy atom. The highest BCUT2D eigenvalue weighted by atomic mass is 32.1. The van der Waals surface area contributed by atoms with Crippen molar-refractivity contribution in [2.75, 3.05) is 0 Å². The monoisotopic (exact) mass is 621 g/mol. The summed E-state index contributed by atoms with van der Waals surface area (Å²) in [4.78, 5) is 9.79. The lowest BCUT2D eigenvalue weighted by Gasteiger charge is -2.04. The number of aryl methyl sites for hydroxylation is 3. The molecule has 1 nitrogen and oxygen atoms in total. The van der Waals surface area contributed by atoms with Crippen molar-refractivity contribution in [3.05, 3.63) is 95.4 Å². The third-order valence-corrected chi connectivity index (χ3v) is 13.2. The average Bonchev–Trinajstić information content (AvgIpc) is 3.84. The first-order valence-corrected chi connectivity index (χ1v) is 18.4. The number of benzene rings is 2. The summed E-state index contributed by atoms with van der Waals surface area (Å²) in [5.41, 5.74) is 6.87. The lowest BCUT2D eigenvalue weighted by atomic mass is 10.0. The Bertz CT molecular complexity index is 1970. The molecule has 0 bridgehead atoms. The predicted molar refractivity (Wildman–Crippen MR) is 191 cm³/mol. The topological polar surface area (TPSA) is 4.93 Å². The molecule has 0 N–H and O–H groups in total. The van der Waals surface area contributed by atoms with Crippen molar-refractivity contribution >= 4 is 67.2 Å². The van der Waals surface area contributed by atoms with Crippen LogP contribution in [0.4, 0.5) is 0 Å². The number of nitrogens with zero attached hydrogens (tertiary/aromatic N) is 1. The van der Waals surface area contributed by atoms with Crippen molar-refractivity contribution in [1.29, 1.82) is 0 Å². The molecule has 0 aliphatic rings. The van der Waals surface area contributed by atoms with Gasteiger partial charge in [0.25, 0.3) is 0 Å². The molecule has 5 aromatic heterocycles. The molecule has 0 fully saturated rings. The number of hydrogen-bond donors (Lipinski definition) is 0. The van der Waals surface area contributed by atoms with Crippen LogP contribution < -0.4 is 0 Å². The molecule has 0 saturated heterocycles. The summed E-state index contributed by atoms with van der Waals surface area (Å²) >= 11 is 7.71. The number of rotatable bonds is 10. The van der Waals surface area contributed by atoms with Crippen LogP contribution in [-0.2, 0) is 13.0 Å². The molecule has 42 heavy (non-hydrogen) atoms. The van der Waals surface area contributed by atoms with E-state index in [1.165, 1.54) is 98.3 Å². The van der Waals surface area contributed by atoms with Gasteiger partial charge in [-0.25, -0.2) is 0 Å². The smallest absolute Gasteiger partial charge is 0.0491 e. The van der Waals surface area contributed by atoms with Gasteiger partial charge in [0.2, 0.25) is 0 Å². The van der Waals surface area contributed by atoms with Crippen LogP contribution in [0.3, 0.4) is 0 Å². The second-order valence-corrected chi connectivity index (χ2v) is 15.2. The van der Waals surface area contributed by atoms with Crippen LogP contribution in [0.2, 0.25) is 0 Å². The zero-order valence-electron chi connectivity index (χ0n) is 24.4. The van der Waals surface area contributed by atoms with Gasteiger partial charge in [-0.05, 0) is 97.3 Å². The van der Waals surface area contributed by atoms with Gasteiger partial charge < -0.3 is 4.57 Å². The summed E-state index contributed by atoms with van der Waals surface area (Å²) in [7, 11) is 0. The quantitative estimate of drug-likeness (QED) is 0.134. The van der Waals surface area contributed by atoms with Crippen LogP contribution in [0, 0.1) is 6.92 Å². The molecule has 0 unspecified atom stereocenters. The second kappa shape index (κ2) is 12.0. The van der Waals surface area contributed by atoms with Crippen molar-refractivity contribution in [3.63, 3.8) is 0 Å². The predicted octanol–water partition coefficient (Wildman–Crippen LogP) is 13.2. The van der Waals surface area contributed by atoms with Crippen LogP contribution in [0.25, 0.3) is 61.5 Å². The van der Waals surface area contributed by atoms with E-state index in [-0.39, 0.29) is 0 Å². The Morgan fingerprint density at radius 3 is 2.24 bits per heavy atom. The van der Waals surface area contributed by atoms with Gasteiger partial charge in [-0.1, -0.05) is 56.5 Å². The zero-order chi connectivity index (χ0) is 28.6. The molecular formula is C37H35NS4. The lowest BCUT2D eigenvalue weighted by Crippen LogP contribution is -1.92. The summed E-state index contributed by atoms with van der Waals surface area (Å²) < 4.78 is 2.44. The second-order valence-electron chi connectivity index (χ2n) is 11.0. The third kappa shape index (κ3) is 5.11. The van der Waals surface area contributed by atoms with E-state index in [9.17, 15) is 0 Å². The van der Waals surface area contributed by atoms with Crippen LogP contribution in [-0.4, -0.2) is 4.57 Å². The fourth-order valence-electron chi connectivity index (χ4n) is 6.12. The first kappa shape index (κ1) is 27.8. The Morgan fingerprint density at radius 2 is 1.43 bits per heavy atom. The molecule has 5 heterocycles. The minimum atomic E-state index is 0.979. The molecule has 0 aliphatic carbocycles. The molecular weight excluding hydrogens is 587 g/mol. The molecule has 5 heteroatoms. The fourth-order valence-corrected chi connectivity index (χ4v) is 10.6. The largest absolute Gasteiger partial charge is 0.341 e. The molecule has 212 valence electrons. The highest BCUT2D eigenvalue weighted by molar-refractivity contribution is 7.29. The average molecular weight is 622 g/mol. The maximum absolute atomic E-state index is 2.50. The van der Waals surface area contributed by atoms with E-state index in [1.54, 1.807) is 0 Å². The maximum atomic E-state index is 2.50. The summed E-state index contributed by atoms with van der Waals surface area (Å²) in [6, 6.07) is 29.9. The summed E-state index contributed by atoms with van der Waals surface area (Å²) in [5.74, 6) is 0. The van der Waals surface area contributed by atoms with E-state index in [1.807, 2.05) is 45.3 Å². The van der Waals surface area contributed by atoms with Crippen molar-refractivity contribution in [3.8, 4) is 39.7 Å². The molecule has 2 aromatic carbocycles. The summed E-state index contributed by atoms with van der Waals surface area (Å²) in [5, 5.41) is 4.87. The molecule has 0 amide bonds. The zero-order valence-corrected chi connectivity index (χ0v) is 27.7. The number of para-hydroxylation sites is 1. The van der Waals surface area contributed by atoms with E-state index in [0.29, 0.717) is 0 Å². The molecule has 7 rings (SSSR count). The number of aromatic nitrogens is 1. The maximum Gasteiger partial charge on any atom is 0.0491 e. The van der Waals surface area contributed by atoms with Crippen LogP contribution in [0.5, 0.6) is 0 Å². The Hall–Kier alpha value is -2.96. The van der Waals surface area contributed by atoms with Crippen LogP contribution in [0.1, 0.15) is 50.7 Å². The van der Waals surface area contributed by atoms with Gasteiger partial charge in [0.1, 0.15) is 0 Å². The molecule has 0 aliphatic heterocycles. The Balaban J connectivity index is 1.28. The number of fused-ring (bicyclic) bond motifs is 3. The first-order chi connectivity index (χ1) is 20.6. The Kier molecular flexibility index (Phi) is 7.93. The van der Waals surface area contributed by atoms with Gasteiger partial charge in [-0.15, -0.1) is 45.3 Å². The van der Waals surface area contributed by atoms with Gasteiger partial charge in [-0.2, -0.15) is 0 Å². The van der Waals surface area contributed by atoms with Crippen molar-refractivity contribution in [2.45, 2.75) is 59.4 Å². The minimum absolute atomic E-state index is 0.979. The number of thiophene rings is 4. The minimum Gasteiger partial charge on any atom is -0.341 e. The molecule has 0 atom stereocenters. The van der Waals surface area contributed by atoms with Gasteiger partial charge in [0, 0.05) is 62.5 Å². The van der Waals surface area contributed by atoms with Crippen molar-refractivity contribution < 1.29 is 0 Å². The third-order valence-electron chi connectivity index (χ3n) is 8.21. The number of unbranched alkanes of at least 4 members (excludes halogenated alkanes) is 3. The van der Waals surface area contributed by atoms with Crippen molar-refractivity contribution in [1.82, 2.24) is 4.57 Å². The molecule has 0 saturated carbocycles. The van der Waals surface area contributed by atoms with Gasteiger partial charge in [0.05, 0.1) is 0 Å². The fraction of sp³-hybridized carbons (Fsp3) is 0.243. The first-order valence-electron chi connectivity index (χ1n) is 15.0. The standard InChI is InChI=1S/C37H35NS4/c1-4-6-7-8-12-25-23-34(33-19-18-32(40-33)31-15-11-20-39-31)41-37(25)35-21-24(3)36(42-35)26-16-17-30-28(22-26)27-13-9-10-14-29(27)38(30)5-2/h9-11,13-23H,4-8,12H2,1-3H3. The van der Waals surface area contributed by atoms with Crippen LogP contribution >= 0.6 is 45.3 Å². The molecule has 7 aromatic rings. The highest BCUT2D eigenvalue weighted by Gasteiger charge is 2.19. The molecule has 0 spiro atoms. The van der Waals surface area contributed by atoms with Gasteiger partial charge >= 0.3 is 0 Å². The van der Waals surface area contributed by atoms with E-state index >= 15 is 0 Å². The van der Waals surface area contributed by atoms with Gasteiger partial charge in [-0.3, -0.25) is 0 Å². The summed E-state index contributed by atoms with van der Waals surface area (Å²) in [6.07, 6.45) is 6.32. The summed E-state index contributed by atoms with van der Waals surface area (Å²) in [6.45, 7) is 7.80. The van der Waals surface area contributed by atoms with E-state index < -0.39 is 0 Å². The van der Waals surface area contributed by atoms with E-state index in [4.69, 9.17) is 0 Å². The SMILES string of the molecule is CCCCCCc1cc(-c2ccc(-c3cccs3)s2)sc1-c1cc(C)c(-c2ccc3c(c2)c2ccccc2n3CC)s1. The van der Waals surface area contributed by atoms with Crippen LogP contribution in [0.15, 0.2) is 84.2 Å². The highest BCUT2D eigenvalue weighted by Crippen LogP contribution is 2.47. The van der Waals surface area contributed by atoms with Crippen molar-refractivity contribution in [2.24, 2.45) is 0 Å².